The van der Waals surface area contributed by atoms with Crippen LogP contribution >= 0.6 is 11.8 Å². The molecule has 0 radical (unpaired) electrons. The second-order valence-electron chi connectivity index (χ2n) is 6.41. The van der Waals surface area contributed by atoms with Crippen LogP contribution in [0.4, 0.5) is 4.39 Å². The van der Waals surface area contributed by atoms with Gasteiger partial charge in [-0.05, 0) is 18.4 Å². The Balaban J connectivity index is 1.38. The summed E-state index contributed by atoms with van der Waals surface area (Å²) in [4.78, 5) is 16.3. The normalized spacial score (nSPS) is 14.8. The molecule has 1 aromatic carbocycles. The first-order valence-corrected chi connectivity index (χ1v) is 9.73. The van der Waals surface area contributed by atoms with Crippen molar-refractivity contribution < 1.29 is 9.18 Å². The minimum absolute atomic E-state index is 0.162. The van der Waals surface area contributed by atoms with Gasteiger partial charge in [-0.3, -0.25) is 9.89 Å². The van der Waals surface area contributed by atoms with E-state index < -0.39 is 0 Å². The second kappa shape index (κ2) is 8.99. The van der Waals surface area contributed by atoms with E-state index in [1.807, 2.05) is 0 Å². The number of thioether (sulfide) groups is 1. The number of benzene rings is 1. The fraction of sp³-hybridized carbons (Fsp3) is 0.500. The van der Waals surface area contributed by atoms with Gasteiger partial charge in [-0.2, -0.15) is 0 Å². The third-order valence-corrected chi connectivity index (χ3v) is 5.39. The average Bonchev–Trinajstić information content (AvgIpc) is 3.29. The molecule has 2 aromatic rings. The maximum atomic E-state index is 13.5. The van der Waals surface area contributed by atoms with Crippen molar-refractivity contribution in [3.05, 3.63) is 41.5 Å². The topological polar surface area (TPSA) is 70.7 Å². The molecule has 1 heterocycles. The monoisotopic (exact) mass is 362 g/mol. The highest BCUT2D eigenvalue weighted by Gasteiger charge is 2.16. The number of H-pyrrole nitrogens is 1. The number of nitrogens with one attached hydrogen (secondary N) is 2. The first kappa shape index (κ1) is 17.9. The SMILES string of the molecule is O=C(CSc1n[nH]c(CCC2CCCC2)n1)NCc1ccccc1F. The summed E-state index contributed by atoms with van der Waals surface area (Å²) in [5.74, 6) is 1.46. The molecule has 134 valence electrons. The molecule has 25 heavy (non-hydrogen) atoms. The van der Waals surface area contributed by atoms with Gasteiger partial charge in [0, 0.05) is 18.5 Å². The number of hydrogen-bond acceptors (Lipinski definition) is 4. The van der Waals surface area contributed by atoms with Crippen molar-refractivity contribution in [2.45, 2.75) is 50.2 Å². The van der Waals surface area contributed by atoms with Crippen LogP contribution < -0.4 is 5.32 Å². The first-order valence-electron chi connectivity index (χ1n) is 8.75. The molecule has 7 heteroatoms. The number of aryl methyl sites for hydroxylation is 1. The van der Waals surface area contributed by atoms with Crippen LogP contribution in [-0.4, -0.2) is 26.8 Å². The quantitative estimate of drug-likeness (QED) is 0.706. The van der Waals surface area contributed by atoms with Gasteiger partial charge in [0.2, 0.25) is 11.1 Å². The Labute approximate surface area is 151 Å². The molecular formula is C18H23FN4OS. The van der Waals surface area contributed by atoms with E-state index in [4.69, 9.17) is 0 Å². The first-order chi connectivity index (χ1) is 12.2. The van der Waals surface area contributed by atoms with Crippen LogP contribution in [0.1, 0.15) is 43.5 Å². The number of hydrogen-bond donors (Lipinski definition) is 2. The third-order valence-electron chi connectivity index (χ3n) is 4.54. The van der Waals surface area contributed by atoms with Crippen molar-refractivity contribution in [3.8, 4) is 0 Å². The van der Waals surface area contributed by atoms with E-state index in [0.29, 0.717) is 10.7 Å². The molecule has 1 aromatic heterocycles. The largest absolute Gasteiger partial charge is 0.351 e. The number of halogens is 1. The number of aromatic amines is 1. The number of aromatic nitrogens is 3. The van der Waals surface area contributed by atoms with Crippen LogP contribution in [0.15, 0.2) is 29.4 Å². The molecule has 1 aliphatic carbocycles. The van der Waals surface area contributed by atoms with Crippen molar-refractivity contribution in [2.75, 3.05) is 5.75 Å². The highest BCUT2D eigenvalue weighted by Crippen LogP contribution is 2.28. The summed E-state index contributed by atoms with van der Waals surface area (Å²) in [6.07, 6.45) is 7.43. The number of carbonyl (C=O) groups excluding carboxylic acids is 1. The Morgan fingerprint density at radius 2 is 2.12 bits per heavy atom. The van der Waals surface area contributed by atoms with Gasteiger partial charge in [0.15, 0.2) is 0 Å². The highest BCUT2D eigenvalue weighted by molar-refractivity contribution is 7.99. The Morgan fingerprint density at radius 3 is 2.92 bits per heavy atom. The number of amides is 1. The third kappa shape index (κ3) is 5.56. The Kier molecular flexibility index (Phi) is 6.44. The van der Waals surface area contributed by atoms with Gasteiger partial charge in [-0.1, -0.05) is 55.6 Å². The van der Waals surface area contributed by atoms with Gasteiger partial charge >= 0.3 is 0 Å². The van der Waals surface area contributed by atoms with E-state index in [1.165, 1.54) is 43.5 Å². The summed E-state index contributed by atoms with van der Waals surface area (Å²) >= 11 is 1.29. The highest BCUT2D eigenvalue weighted by atomic mass is 32.2. The molecule has 0 unspecified atom stereocenters. The van der Waals surface area contributed by atoms with E-state index in [0.717, 1.165) is 24.6 Å². The van der Waals surface area contributed by atoms with Crippen LogP contribution in [0.25, 0.3) is 0 Å². The lowest BCUT2D eigenvalue weighted by Crippen LogP contribution is -2.25. The standard InChI is InChI=1S/C18H23FN4OS/c19-15-8-4-3-7-14(15)11-20-17(24)12-25-18-21-16(22-23-18)10-9-13-5-1-2-6-13/h3-4,7-8,13H,1-2,5-6,9-12H2,(H,20,24)(H,21,22,23). The molecule has 5 nitrogen and oxygen atoms in total. The van der Waals surface area contributed by atoms with Crippen molar-refractivity contribution in [3.63, 3.8) is 0 Å². The van der Waals surface area contributed by atoms with Gasteiger partial charge in [0.25, 0.3) is 0 Å². The zero-order valence-electron chi connectivity index (χ0n) is 14.1. The van der Waals surface area contributed by atoms with Crippen molar-refractivity contribution in [2.24, 2.45) is 5.92 Å². The maximum Gasteiger partial charge on any atom is 0.230 e. The van der Waals surface area contributed by atoms with Crippen LogP contribution in [-0.2, 0) is 17.8 Å². The smallest absolute Gasteiger partial charge is 0.230 e. The van der Waals surface area contributed by atoms with E-state index in [2.05, 4.69) is 20.5 Å². The number of carbonyl (C=O) groups is 1. The lowest BCUT2D eigenvalue weighted by molar-refractivity contribution is -0.118. The van der Waals surface area contributed by atoms with E-state index >= 15 is 0 Å². The molecule has 2 N–H and O–H groups in total. The molecule has 1 fully saturated rings. The Bertz CT molecular complexity index is 700. The Morgan fingerprint density at radius 1 is 1.32 bits per heavy atom. The minimum atomic E-state index is -0.309. The molecule has 0 spiro atoms. The second-order valence-corrected chi connectivity index (χ2v) is 7.35. The van der Waals surface area contributed by atoms with Crippen LogP contribution in [0.5, 0.6) is 0 Å². The molecule has 0 atom stereocenters. The molecule has 3 rings (SSSR count). The Hall–Kier alpha value is -1.89. The summed E-state index contributed by atoms with van der Waals surface area (Å²) in [7, 11) is 0. The summed E-state index contributed by atoms with van der Waals surface area (Å²) in [6, 6.07) is 6.43. The van der Waals surface area contributed by atoms with Crippen molar-refractivity contribution in [1.82, 2.24) is 20.5 Å². The van der Waals surface area contributed by atoms with Crippen LogP contribution in [0, 0.1) is 11.7 Å². The number of rotatable bonds is 8. The predicted molar refractivity (Wildman–Crippen MR) is 95.6 cm³/mol. The van der Waals surface area contributed by atoms with Gasteiger partial charge < -0.3 is 5.32 Å². The molecule has 0 bridgehead atoms. The molecule has 1 amide bonds. The summed E-state index contributed by atoms with van der Waals surface area (Å²) < 4.78 is 13.5. The zero-order chi connectivity index (χ0) is 17.5. The molecule has 1 saturated carbocycles. The molecule has 0 aliphatic heterocycles. The maximum absolute atomic E-state index is 13.5. The summed E-state index contributed by atoms with van der Waals surface area (Å²) in [5, 5.41) is 10.4. The fourth-order valence-corrected chi connectivity index (χ4v) is 3.76. The van der Waals surface area contributed by atoms with E-state index in [-0.39, 0.29) is 24.0 Å². The van der Waals surface area contributed by atoms with Crippen LogP contribution in [0.3, 0.4) is 0 Å². The number of nitrogens with zero attached hydrogens (tertiary/aromatic N) is 2. The molecule has 0 saturated heterocycles. The fourth-order valence-electron chi connectivity index (χ4n) is 3.11. The molecule has 1 aliphatic rings. The predicted octanol–water partition coefficient (Wildman–Crippen LogP) is 3.48. The van der Waals surface area contributed by atoms with E-state index in [1.54, 1.807) is 18.2 Å². The summed E-state index contributed by atoms with van der Waals surface area (Å²) in [5.41, 5.74) is 0.480. The lowest BCUT2D eigenvalue weighted by atomic mass is 10.0. The van der Waals surface area contributed by atoms with Gasteiger partial charge in [0.05, 0.1) is 5.75 Å². The average molecular weight is 362 g/mol. The minimum Gasteiger partial charge on any atom is -0.351 e. The van der Waals surface area contributed by atoms with Crippen LogP contribution in [0.2, 0.25) is 0 Å². The zero-order valence-corrected chi connectivity index (χ0v) is 14.9. The van der Waals surface area contributed by atoms with Gasteiger partial charge in [-0.25, -0.2) is 9.37 Å². The van der Waals surface area contributed by atoms with Gasteiger partial charge in [0.1, 0.15) is 11.6 Å². The van der Waals surface area contributed by atoms with Crippen molar-refractivity contribution in [1.29, 1.82) is 0 Å². The summed E-state index contributed by atoms with van der Waals surface area (Å²) in [6.45, 7) is 0.187. The van der Waals surface area contributed by atoms with E-state index in [9.17, 15) is 9.18 Å². The van der Waals surface area contributed by atoms with Gasteiger partial charge in [-0.15, -0.1) is 5.10 Å². The lowest BCUT2D eigenvalue weighted by Gasteiger charge is -2.05. The van der Waals surface area contributed by atoms with Crippen molar-refractivity contribution >= 4 is 17.7 Å². The molecular weight excluding hydrogens is 339 g/mol.